The molecule has 0 unspecified atom stereocenters. The topological polar surface area (TPSA) is 400 Å². The number of nitrogens with one attached hydrogen (secondary N) is 12. The van der Waals surface area contributed by atoms with Crippen molar-refractivity contribution in [2.45, 2.75) is 146 Å². The number of thioether (sulfide) groups is 1. The number of nitrogens with zero attached hydrogens (tertiary/aromatic N) is 1. The molecule has 0 aliphatic carbocycles. The predicted octanol–water partition coefficient (Wildman–Crippen LogP) is -2.73. The van der Waals surface area contributed by atoms with Crippen molar-refractivity contribution in [3.05, 3.63) is 59.7 Å². The fourth-order valence-electron chi connectivity index (χ4n) is 10.1. The fourth-order valence-corrected chi connectivity index (χ4v) is 11.2. The van der Waals surface area contributed by atoms with Gasteiger partial charge in [0.25, 0.3) is 0 Å². The highest BCUT2D eigenvalue weighted by atomic mass is 32.2. The van der Waals surface area contributed by atoms with E-state index in [1.807, 2.05) is 20.8 Å². The predicted molar refractivity (Wildman–Crippen MR) is 308 cm³/mol. The van der Waals surface area contributed by atoms with Crippen LogP contribution in [0.2, 0.25) is 0 Å². The Morgan fingerprint density at radius 1 is 0.821 bits per heavy atom. The van der Waals surface area contributed by atoms with Gasteiger partial charge in [-0.2, -0.15) is 0 Å². The lowest BCUT2D eigenvalue weighted by atomic mass is 9.92. The molecule has 3 aliphatic rings. The van der Waals surface area contributed by atoms with E-state index in [0.717, 1.165) is 16.7 Å². The van der Waals surface area contributed by atoms with Gasteiger partial charge in [0.1, 0.15) is 30.2 Å². The van der Waals surface area contributed by atoms with Crippen molar-refractivity contribution < 1.29 is 68.1 Å². The van der Waals surface area contributed by atoms with Gasteiger partial charge in [-0.1, -0.05) is 78.3 Å². The Bertz CT molecular complexity index is 2910. The first-order chi connectivity index (χ1) is 39.9. The number of hydrogen-bond donors (Lipinski definition) is 15. The minimum absolute atomic E-state index is 0.0328. The van der Waals surface area contributed by atoms with Crippen molar-refractivity contribution in [1.29, 1.82) is 0 Å². The molecule has 27 nitrogen and oxygen atoms in total. The number of aldehydes is 1. The van der Waals surface area contributed by atoms with E-state index in [-0.39, 0.29) is 36.8 Å². The second-order valence-corrected chi connectivity index (χ2v) is 22.9. The van der Waals surface area contributed by atoms with E-state index in [0.29, 0.717) is 45.7 Å². The molecule has 0 saturated carbocycles. The minimum atomic E-state index is -2.33. The molecule has 4 heterocycles. The fraction of sp³-hybridized carbons (Fsp3) is 0.554. The summed E-state index contributed by atoms with van der Waals surface area (Å²) in [6.45, 7) is 9.53. The smallest absolute Gasteiger partial charge is 0.247 e. The number of aromatic amines is 1. The molecule has 0 spiro atoms. The summed E-state index contributed by atoms with van der Waals surface area (Å²) in [6.07, 6.45) is -4.19. The van der Waals surface area contributed by atoms with Crippen LogP contribution >= 0.6 is 11.8 Å². The van der Waals surface area contributed by atoms with E-state index in [9.17, 15) is 63.3 Å². The summed E-state index contributed by atoms with van der Waals surface area (Å²) >= 11 is 1.01. The highest BCUT2D eigenvalue weighted by Crippen LogP contribution is 2.33. The maximum atomic E-state index is 15.2. The third-order valence-corrected chi connectivity index (χ3v) is 16.4. The molecule has 12 atom stereocenters. The molecule has 458 valence electrons. The summed E-state index contributed by atoms with van der Waals surface area (Å²) in [4.78, 5) is 158. The van der Waals surface area contributed by atoms with Gasteiger partial charge in [0, 0.05) is 54.2 Å². The van der Waals surface area contributed by atoms with Crippen LogP contribution < -0.4 is 58.5 Å². The van der Waals surface area contributed by atoms with E-state index in [4.69, 9.17) is 0 Å². The number of anilines is 1. The molecule has 6 rings (SSSR count). The van der Waals surface area contributed by atoms with Gasteiger partial charge in [0.15, 0.2) is 11.9 Å². The second kappa shape index (κ2) is 29.8. The summed E-state index contributed by atoms with van der Waals surface area (Å²) < 4.78 is 0. The number of aromatic nitrogens is 1. The van der Waals surface area contributed by atoms with E-state index in [1.54, 1.807) is 69.3 Å². The number of likely N-dealkylation sites (N-methyl/N-ethyl adjacent to an activating group) is 1. The van der Waals surface area contributed by atoms with Gasteiger partial charge in [-0.25, -0.2) is 0 Å². The minimum Gasteiger partial charge on any atom is -0.394 e. The highest BCUT2D eigenvalue weighted by Gasteiger charge is 2.53. The molecule has 1 fully saturated rings. The summed E-state index contributed by atoms with van der Waals surface area (Å²) in [5.41, 5.74) is -0.442. The van der Waals surface area contributed by atoms with Gasteiger partial charge in [0.2, 0.25) is 59.1 Å². The van der Waals surface area contributed by atoms with Gasteiger partial charge < -0.3 is 78.4 Å². The van der Waals surface area contributed by atoms with Crippen molar-refractivity contribution in [3.8, 4) is 0 Å². The van der Waals surface area contributed by atoms with E-state index < -0.39 is 164 Å². The van der Waals surface area contributed by atoms with Crippen molar-refractivity contribution in [2.75, 3.05) is 43.9 Å². The molecule has 0 radical (unpaired) electrons. The first-order valence-corrected chi connectivity index (χ1v) is 29.1. The monoisotopic (exact) mass is 1190 g/mol. The van der Waals surface area contributed by atoms with Crippen LogP contribution in [-0.4, -0.2) is 189 Å². The number of benzene rings is 2. The van der Waals surface area contributed by atoms with Crippen molar-refractivity contribution >= 4 is 93.7 Å². The van der Waals surface area contributed by atoms with Crippen LogP contribution in [0.15, 0.2) is 53.6 Å². The summed E-state index contributed by atoms with van der Waals surface area (Å²) in [5, 5.41) is 63.2. The quantitative estimate of drug-likeness (QED) is 0.0610. The van der Waals surface area contributed by atoms with Crippen molar-refractivity contribution in [2.24, 2.45) is 17.8 Å². The average Bonchev–Trinajstić information content (AvgIpc) is 4.12. The van der Waals surface area contributed by atoms with Crippen LogP contribution in [0.4, 0.5) is 5.69 Å². The third kappa shape index (κ3) is 16.6. The van der Waals surface area contributed by atoms with E-state index in [1.165, 1.54) is 6.92 Å². The lowest BCUT2D eigenvalue weighted by Gasteiger charge is -2.41. The van der Waals surface area contributed by atoms with Crippen LogP contribution in [0.3, 0.4) is 0 Å². The number of carbonyl (C=O) groups excluding carboxylic acids is 11. The number of fused-ring (bicyclic) bond motifs is 5. The Hall–Kier alpha value is -7.50. The number of H-pyrrole nitrogens is 1. The zero-order valence-electron chi connectivity index (χ0n) is 48.1. The lowest BCUT2D eigenvalue weighted by Crippen LogP contribution is -2.69. The normalized spacial score (nSPS) is 25.0. The largest absolute Gasteiger partial charge is 0.394 e. The standard InChI is InChI=1S/C56H79N13O14S/c1-8-29(5)46-51(80)60-22-43(75)63-40-26-84-54-36(35-12-10-11-13-37(35)66-54)18-38(49(78)59-23-44(76)67-46)64-53(82)47(30(6)41(73)25-70)68-56(27-71)20-34(72)24-69(56)55(83)39(65-50(40)79)19-42(74)58-21-32-14-16-33(17-15-32)62-48(77)31(7)61-52(81)45(28(3)4)57-9-2/h10-17,27-31,34,38-41,45-47,57,66,68,70,72-73H,8-9,18-26H2,1-7H3,(H,58,74)(H,59,78)(H,60,80)(H,61,81)(H,62,77)(H,63,75)(H,64,82)(H,65,79)(H,67,76)/t29-,30-,31-,34+,38-,39-,40-,41-,45-,46-,47-,56-/m0/s1. The Morgan fingerprint density at radius 3 is 2.15 bits per heavy atom. The van der Waals surface area contributed by atoms with Gasteiger partial charge in [-0.3, -0.25) is 58.1 Å². The van der Waals surface area contributed by atoms with E-state index >= 15 is 4.79 Å². The van der Waals surface area contributed by atoms with Crippen LogP contribution in [0, 0.1) is 17.8 Å². The first kappa shape index (κ1) is 65.7. The Morgan fingerprint density at radius 2 is 1.50 bits per heavy atom. The van der Waals surface area contributed by atoms with Gasteiger partial charge in [-0.15, -0.1) is 11.8 Å². The van der Waals surface area contributed by atoms with Crippen LogP contribution in [0.1, 0.15) is 78.9 Å². The molecule has 84 heavy (non-hydrogen) atoms. The molecule has 15 N–H and O–H groups in total. The van der Waals surface area contributed by atoms with E-state index in [2.05, 4.69) is 63.5 Å². The number of rotatable bonds is 17. The third-order valence-electron chi connectivity index (χ3n) is 15.3. The van der Waals surface area contributed by atoms with Crippen molar-refractivity contribution in [3.63, 3.8) is 0 Å². The van der Waals surface area contributed by atoms with Gasteiger partial charge >= 0.3 is 0 Å². The van der Waals surface area contributed by atoms with Gasteiger partial charge in [0.05, 0.1) is 55.4 Å². The maximum Gasteiger partial charge on any atom is 0.247 e. The average molecular weight is 1190 g/mol. The number of aliphatic hydroxyl groups excluding tert-OH is 3. The molecule has 10 amide bonds. The number of para-hydroxylation sites is 1. The molecular weight excluding hydrogens is 1110 g/mol. The Balaban J connectivity index is 1.38. The second-order valence-electron chi connectivity index (χ2n) is 21.9. The zero-order chi connectivity index (χ0) is 61.6. The maximum absolute atomic E-state index is 15.2. The molecule has 2 bridgehead atoms. The molecule has 3 aliphatic heterocycles. The SMILES string of the molecule is CCN[C@H](C(=O)N[C@@H](C)C(=O)Nc1ccc(CNC(=O)C[C@@H]2NC(=O)[C@@H]3CSc4[nH]c5ccccc5c4C[C@H](NC(=O)[C@H]([C@@H](C)[C@@H](O)CO)N[C@@]4(C=O)C[C@@H](O)CN4C2=O)C(=O)NCC(=O)N[C@@H]([C@@H](C)CC)C(=O)NCC(=O)N3)cc1)C(C)C. The Labute approximate surface area is 490 Å². The summed E-state index contributed by atoms with van der Waals surface area (Å²) in [5.74, 6) is -10.3. The van der Waals surface area contributed by atoms with Crippen LogP contribution in [0.25, 0.3) is 10.9 Å². The molecule has 28 heteroatoms. The number of aliphatic hydroxyl groups is 3. The number of carbonyl (C=O) groups is 11. The Kier molecular flexibility index (Phi) is 23.3. The number of hydrogen-bond acceptors (Lipinski definition) is 17. The first-order valence-electron chi connectivity index (χ1n) is 28.1. The molecule has 1 saturated heterocycles. The van der Waals surface area contributed by atoms with Gasteiger partial charge in [-0.05, 0) is 54.6 Å². The summed E-state index contributed by atoms with van der Waals surface area (Å²) in [7, 11) is 0. The summed E-state index contributed by atoms with van der Waals surface area (Å²) in [6, 6.07) is 3.93. The molecule has 3 aromatic rings. The molecular formula is C56H79N13O14S. The molecule has 2 aromatic carbocycles. The van der Waals surface area contributed by atoms with Crippen LogP contribution in [-0.2, 0) is 65.7 Å². The molecule has 1 aromatic heterocycles. The number of amides is 10. The zero-order valence-corrected chi connectivity index (χ0v) is 48.9. The highest BCUT2D eigenvalue weighted by molar-refractivity contribution is 7.99. The lowest BCUT2D eigenvalue weighted by molar-refractivity contribution is -0.147. The van der Waals surface area contributed by atoms with Crippen molar-refractivity contribution in [1.82, 2.24) is 63.1 Å². The van der Waals surface area contributed by atoms with Crippen LogP contribution in [0.5, 0.6) is 0 Å².